The Morgan fingerprint density at radius 3 is 3.07 bits per heavy atom. The van der Waals surface area contributed by atoms with Crippen molar-refractivity contribution in [3.05, 3.63) is 29.8 Å². The van der Waals surface area contributed by atoms with E-state index in [1.165, 1.54) is 5.56 Å². The van der Waals surface area contributed by atoms with Gasteiger partial charge in [-0.25, -0.2) is 0 Å². The first-order valence-corrected chi connectivity index (χ1v) is 6.07. The monoisotopic (exact) mass is 254 g/mol. The quantitative estimate of drug-likeness (QED) is 0.736. The number of hydrogen-bond donors (Lipinski definition) is 0. The largest absolute Gasteiger partial charge is 0.493 e. The average Bonchev–Trinajstić information content (AvgIpc) is 2.27. The Balaban J connectivity index is 2.13. The molecular weight excluding hydrogens is 240 g/mol. The molecule has 2 heteroatoms. The second-order valence-corrected chi connectivity index (χ2v) is 4.98. The lowest BCUT2D eigenvalue weighted by atomic mass is 9.93. The van der Waals surface area contributed by atoms with E-state index in [2.05, 4.69) is 41.1 Å². The number of rotatable bonds is 2. The van der Waals surface area contributed by atoms with Crippen molar-refractivity contribution in [2.24, 2.45) is 5.92 Å². The number of alkyl halides is 1. The highest BCUT2D eigenvalue weighted by atomic mass is 79.9. The summed E-state index contributed by atoms with van der Waals surface area (Å²) >= 11 is 3.71. The van der Waals surface area contributed by atoms with Crippen LogP contribution in [0.1, 0.15) is 18.9 Å². The van der Waals surface area contributed by atoms with Crippen LogP contribution in [0, 0.1) is 5.92 Å². The topological polar surface area (TPSA) is 9.23 Å². The molecule has 0 radical (unpaired) electrons. The van der Waals surface area contributed by atoms with Gasteiger partial charge in [-0.1, -0.05) is 41.1 Å². The molecule has 0 bridgehead atoms. The van der Waals surface area contributed by atoms with Crippen molar-refractivity contribution in [2.45, 2.75) is 24.6 Å². The molecule has 2 atom stereocenters. The molecule has 0 spiro atoms. The van der Waals surface area contributed by atoms with Crippen LogP contribution in [-0.2, 0) is 6.42 Å². The van der Waals surface area contributed by atoms with Gasteiger partial charge in [0.15, 0.2) is 0 Å². The first kappa shape index (κ1) is 10.0. The van der Waals surface area contributed by atoms with Crippen molar-refractivity contribution in [2.75, 3.05) is 6.61 Å². The van der Waals surface area contributed by atoms with Gasteiger partial charge in [-0.15, -0.1) is 0 Å². The first-order chi connectivity index (χ1) is 6.81. The van der Waals surface area contributed by atoms with E-state index < -0.39 is 0 Å². The Bertz CT molecular complexity index is 311. The zero-order chi connectivity index (χ0) is 9.97. The highest BCUT2D eigenvalue weighted by Gasteiger charge is 2.24. The van der Waals surface area contributed by atoms with Crippen LogP contribution in [-0.4, -0.2) is 11.4 Å². The van der Waals surface area contributed by atoms with Crippen LogP contribution in [0.15, 0.2) is 24.3 Å². The molecule has 1 aromatic carbocycles. The maximum atomic E-state index is 5.73. The van der Waals surface area contributed by atoms with E-state index in [9.17, 15) is 0 Å². The van der Waals surface area contributed by atoms with Crippen LogP contribution in [0.25, 0.3) is 0 Å². The van der Waals surface area contributed by atoms with Crippen LogP contribution < -0.4 is 4.74 Å². The number of halogens is 1. The Morgan fingerprint density at radius 2 is 2.29 bits per heavy atom. The Labute approximate surface area is 93.6 Å². The van der Waals surface area contributed by atoms with Gasteiger partial charge in [-0.05, 0) is 24.5 Å². The van der Waals surface area contributed by atoms with Gasteiger partial charge in [0.2, 0.25) is 0 Å². The van der Waals surface area contributed by atoms with Crippen LogP contribution in [0.5, 0.6) is 5.75 Å². The van der Waals surface area contributed by atoms with Crippen molar-refractivity contribution in [1.82, 2.24) is 0 Å². The molecule has 0 amide bonds. The Morgan fingerprint density at radius 1 is 1.50 bits per heavy atom. The van der Waals surface area contributed by atoms with E-state index in [0.717, 1.165) is 25.2 Å². The Kier molecular flexibility index (Phi) is 3.12. The molecule has 1 aliphatic heterocycles. The number of ether oxygens (including phenoxy) is 1. The molecule has 1 aromatic rings. The molecule has 0 saturated heterocycles. The lowest BCUT2D eigenvalue weighted by Crippen LogP contribution is -2.27. The molecule has 76 valence electrons. The fourth-order valence-corrected chi connectivity index (χ4v) is 2.26. The minimum Gasteiger partial charge on any atom is -0.493 e. The zero-order valence-electron chi connectivity index (χ0n) is 8.37. The standard InChI is InChI=1S/C12H15BrO/c1-2-11(13)10-7-9-5-3-4-6-12(9)14-8-10/h3-6,10-11H,2,7-8H2,1H3. The third-order valence-corrected chi connectivity index (χ3v) is 4.20. The van der Waals surface area contributed by atoms with Crippen molar-refractivity contribution < 1.29 is 4.74 Å². The van der Waals surface area contributed by atoms with Gasteiger partial charge in [0.1, 0.15) is 5.75 Å². The van der Waals surface area contributed by atoms with Crippen LogP contribution in [0.2, 0.25) is 0 Å². The predicted octanol–water partition coefficient (Wildman–Crippen LogP) is 3.41. The van der Waals surface area contributed by atoms with Crippen molar-refractivity contribution in [3.63, 3.8) is 0 Å². The second kappa shape index (κ2) is 4.35. The van der Waals surface area contributed by atoms with E-state index in [1.807, 2.05) is 6.07 Å². The maximum absolute atomic E-state index is 5.73. The van der Waals surface area contributed by atoms with Crippen LogP contribution in [0.3, 0.4) is 0 Å². The summed E-state index contributed by atoms with van der Waals surface area (Å²) in [5.74, 6) is 1.69. The van der Waals surface area contributed by atoms with Gasteiger partial charge in [-0.3, -0.25) is 0 Å². The molecule has 1 aliphatic rings. The highest BCUT2D eigenvalue weighted by molar-refractivity contribution is 9.09. The number of hydrogen-bond acceptors (Lipinski definition) is 1. The Hall–Kier alpha value is -0.500. The molecule has 1 nitrogen and oxygen atoms in total. The van der Waals surface area contributed by atoms with Gasteiger partial charge in [0.05, 0.1) is 6.61 Å². The highest BCUT2D eigenvalue weighted by Crippen LogP contribution is 2.31. The molecule has 0 saturated carbocycles. The molecule has 1 heterocycles. The van der Waals surface area contributed by atoms with Gasteiger partial charge >= 0.3 is 0 Å². The van der Waals surface area contributed by atoms with Crippen LogP contribution >= 0.6 is 15.9 Å². The molecule has 0 aliphatic carbocycles. The lowest BCUT2D eigenvalue weighted by Gasteiger charge is -2.28. The normalized spacial score (nSPS) is 22.3. The summed E-state index contributed by atoms with van der Waals surface area (Å²) in [5.41, 5.74) is 1.35. The van der Waals surface area contributed by atoms with Crippen molar-refractivity contribution >= 4 is 15.9 Å². The maximum Gasteiger partial charge on any atom is 0.122 e. The molecule has 2 rings (SSSR count). The number of benzene rings is 1. The van der Waals surface area contributed by atoms with Gasteiger partial charge in [0.25, 0.3) is 0 Å². The molecular formula is C12H15BrO. The van der Waals surface area contributed by atoms with Gasteiger partial charge in [0, 0.05) is 10.7 Å². The van der Waals surface area contributed by atoms with E-state index in [1.54, 1.807) is 0 Å². The summed E-state index contributed by atoms with van der Waals surface area (Å²) in [6.07, 6.45) is 2.30. The lowest BCUT2D eigenvalue weighted by molar-refractivity contribution is 0.219. The van der Waals surface area contributed by atoms with Gasteiger partial charge < -0.3 is 4.74 Å². The summed E-state index contributed by atoms with van der Waals surface area (Å²) in [5, 5.41) is 0. The molecule has 0 aromatic heterocycles. The predicted molar refractivity (Wildman–Crippen MR) is 62.1 cm³/mol. The zero-order valence-corrected chi connectivity index (χ0v) is 9.96. The summed E-state index contributed by atoms with van der Waals surface area (Å²) in [6.45, 7) is 3.06. The molecule has 2 unspecified atom stereocenters. The fraction of sp³-hybridized carbons (Fsp3) is 0.500. The summed E-state index contributed by atoms with van der Waals surface area (Å²) in [4.78, 5) is 0.579. The third-order valence-electron chi connectivity index (χ3n) is 2.81. The smallest absolute Gasteiger partial charge is 0.122 e. The van der Waals surface area contributed by atoms with Crippen molar-refractivity contribution in [3.8, 4) is 5.75 Å². The first-order valence-electron chi connectivity index (χ1n) is 5.16. The van der Waals surface area contributed by atoms with Crippen LogP contribution in [0.4, 0.5) is 0 Å². The minimum atomic E-state index is 0.579. The third kappa shape index (κ3) is 1.95. The summed E-state index contributed by atoms with van der Waals surface area (Å²) in [7, 11) is 0. The summed E-state index contributed by atoms with van der Waals surface area (Å²) < 4.78 is 5.73. The SMILES string of the molecule is CCC(Br)C1COc2ccccc2C1. The van der Waals surface area contributed by atoms with E-state index in [0.29, 0.717) is 10.7 Å². The van der Waals surface area contributed by atoms with E-state index in [4.69, 9.17) is 4.74 Å². The van der Waals surface area contributed by atoms with Crippen molar-refractivity contribution in [1.29, 1.82) is 0 Å². The average molecular weight is 255 g/mol. The fourth-order valence-electron chi connectivity index (χ4n) is 1.92. The molecule has 14 heavy (non-hydrogen) atoms. The van der Waals surface area contributed by atoms with Gasteiger partial charge in [-0.2, -0.15) is 0 Å². The number of fused-ring (bicyclic) bond motifs is 1. The minimum absolute atomic E-state index is 0.579. The molecule has 0 fully saturated rings. The molecule has 0 N–H and O–H groups in total. The van der Waals surface area contributed by atoms with E-state index >= 15 is 0 Å². The summed E-state index contributed by atoms with van der Waals surface area (Å²) in [6, 6.07) is 8.34. The second-order valence-electron chi connectivity index (χ2n) is 3.81. The van der Waals surface area contributed by atoms with E-state index in [-0.39, 0.29) is 0 Å². The number of para-hydroxylation sites is 1.